The van der Waals surface area contributed by atoms with Crippen LogP contribution in [0.25, 0.3) is 16.8 Å². The van der Waals surface area contributed by atoms with Gasteiger partial charge in [-0.3, -0.25) is 20.2 Å². The second-order valence-corrected chi connectivity index (χ2v) is 9.36. The van der Waals surface area contributed by atoms with Crippen LogP contribution in [0.15, 0.2) is 41.4 Å². The fraction of sp³-hybridized carbons (Fsp3) is 0.462. The van der Waals surface area contributed by atoms with Crippen LogP contribution in [0.4, 0.5) is 0 Å². The summed E-state index contributed by atoms with van der Waals surface area (Å²) in [4.78, 5) is 13.3. The Bertz CT molecular complexity index is 1200. The van der Waals surface area contributed by atoms with Crippen LogP contribution < -0.4 is 15.8 Å². The van der Waals surface area contributed by atoms with Gasteiger partial charge in [0.1, 0.15) is 5.75 Å². The number of methoxy groups -OCH3 is 1. The van der Waals surface area contributed by atoms with Crippen molar-refractivity contribution in [2.45, 2.75) is 19.5 Å². The van der Waals surface area contributed by atoms with Gasteiger partial charge >= 0.3 is 0 Å². The first-order valence-corrected chi connectivity index (χ1v) is 12.6. The number of H-pyrrole nitrogens is 2. The van der Waals surface area contributed by atoms with Gasteiger partial charge in [0.05, 0.1) is 36.5 Å². The smallest absolute Gasteiger partial charge is 0.131 e. The average Bonchev–Trinajstić information content (AvgIpc) is 3.56. The maximum atomic E-state index is 5.71. The van der Waals surface area contributed by atoms with Crippen molar-refractivity contribution in [3.05, 3.63) is 53.2 Å². The highest BCUT2D eigenvalue weighted by molar-refractivity contribution is 6.11. The van der Waals surface area contributed by atoms with Crippen LogP contribution >= 0.6 is 0 Å². The van der Waals surface area contributed by atoms with E-state index in [2.05, 4.69) is 59.6 Å². The van der Waals surface area contributed by atoms with E-state index in [1.807, 2.05) is 24.7 Å². The van der Waals surface area contributed by atoms with E-state index in [-0.39, 0.29) is 0 Å². The van der Waals surface area contributed by atoms with E-state index < -0.39 is 0 Å². The van der Waals surface area contributed by atoms with Crippen LogP contribution in [0.2, 0.25) is 0 Å². The number of dihydropyridines is 1. The normalized spacial score (nSPS) is 13.8. The van der Waals surface area contributed by atoms with E-state index >= 15 is 0 Å². The Kier molecular flexibility index (Phi) is 9.55. The Morgan fingerprint density at radius 2 is 1.76 bits per heavy atom. The molecular weight excluding hydrogens is 468 g/mol. The second-order valence-electron chi connectivity index (χ2n) is 9.36. The Morgan fingerprint density at radius 3 is 2.51 bits per heavy atom. The number of nitrogens with one attached hydrogen (secondary N) is 3. The molecule has 4 rings (SSSR count). The minimum Gasteiger partial charge on any atom is -0.496 e. The molecule has 0 aliphatic carbocycles. The molecule has 0 atom stereocenters. The molecule has 37 heavy (non-hydrogen) atoms. The number of ether oxygens (including phenoxy) is 1. The highest BCUT2D eigenvalue weighted by Gasteiger charge is 2.18. The molecule has 4 heterocycles. The number of pyridine rings is 1. The summed E-state index contributed by atoms with van der Waals surface area (Å²) in [5.41, 5.74) is 13.4. The third kappa shape index (κ3) is 6.89. The standard InChI is InChI=1S/C26H38N10O/c1-35(10-6-27)17-20-13-31-33-25(20)22-15-28-7-4-19(22)12-30-9-11-36(2)18-21-14-32-34-26(21)23-16-29-8-5-24(23)37-3/h5,8,13-16,30H,4,6-7,9-12,17-18,27H2,1-3H3,(H,31,33)(H,32,34). The van der Waals surface area contributed by atoms with E-state index in [9.17, 15) is 0 Å². The molecule has 0 aromatic carbocycles. The molecule has 0 amide bonds. The highest BCUT2D eigenvalue weighted by Crippen LogP contribution is 2.30. The first-order chi connectivity index (χ1) is 18.1. The van der Waals surface area contributed by atoms with Crippen LogP contribution in [-0.4, -0.2) is 102 Å². The number of aliphatic imine (C=N–C) groups is 1. The van der Waals surface area contributed by atoms with Crippen LogP contribution in [0.5, 0.6) is 5.75 Å². The molecule has 0 bridgehead atoms. The van der Waals surface area contributed by atoms with Crippen molar-refractivity contribution in [1.82, 2.24) is 40.5 Å². The first-order valence-electron chi connectivity index (χ1n) is 12.6. The van der Waals surface area contributed by atoms with Crippen molar-refractivity contribution in [2.75, 3.05) is 60.5 Å². The fourth-order valence-electron chi connectivity index (χ4n) is 4.55. The summed E-state index contributed by atoms with van der Waals surface area (Å²) in [5, 5.41) is 18.5. The summed E-state index contributed by atoms with van der Waals surface area (Å²) in [6.45, 7) is 6.43. The summed E-state index contributed by atoms with van der Waals surface area (Å²) in [5.74, 6) is 0.774. The maximum Gasteiger partial charge on any atom is 0.131 e. The Labute approximate surface area is 218 Å². The van der Waals surface area contributed by atoms with Gasteiger partial charge in [0.15, 0.2) is 0 Å². The average molecular weight is 507 g/mol. The van der Waals surface area contributed by atoms with Gasteiger partial charge < -0.3 is 25.6 Å². The minimum atomic E-state index is 0.636. The number of aromatic amines is 2. The molecule has 11 nitrogen and oxygen atoms in total. The van der Waals surface area contributed by atoms with Gasteiger partial charge in [0, 0.05) is 87.7 Å². The van der Waals surface area contributed by atoms with Gasteiger partial charge in [0.25, 0.3) is 0 Å². The lowest BCUT2D eigenvalue weighted by Gasteiger charge is -2.20. The van der Waals surface area contributed by atoms with Gasteiger partial charge in [-0.1, -0.05) is 0 Å². The number of likely N-dealkylation sites (N-methyl/N-ethyl adjacent to an activating group) is 2. The number of aromatic nitrogens is 5. The van der Waals surface area contributed by atoms with Crippen LogP contribution in [0, 0.1) is 0 Å². The molecule has 0 unspecified atom stereocenters. The Balaban J connectivity index is 1.33. The Hall–Kier alpha value is -3.38. The molecule has 198 valence electrons. The Morgan fingerprint density at radius 1 is 1.03 bits per heavy atom. The molecule has 0 saturated heterocycles. The molecular formula is C26H38N10O. The van der Waals surface area contributed by atoms with Crippen molar-refractivity contribution in [1.29, 1.82) is 0 Å². The molecule has 11 heteroatoms. The van der Waals surface area contributed by atoms with E-state index in [4.69, 9.17) is 10.5 Å². The molecule has 0 saturated carbocycles. The lowest BCUT2D eigenvalue weighted by molar-refractivity contribution is 0.326. The van der Waals surface area contributed by atoms with Crippen LogP contribution in [0.3, 0.4) is 0 Å². The summed E-state index contributed by atoms with van der Waals surface area (Å²) >= 11 is 0. The van der Waals surface area contributed by atoms with Gasteiger partial charge in [-0.25, -0.2) is 0 Å². The van der Waals surface area contributed by atoms with Crippen molar-refractivity contribution in [3.8, 4) is 17.0 Å². The van der Waals surface area contributed by atoms with Crippen LogP contribution in [-0.2, 0) is 13.1 Å². The molecule has 1 aliphatic heterocycles. The first kappa shape index (κ1) is 26.7. The number of nitrogens with two attached hydrogens (primary N) is 1. The molecule has 5 N–H and O–H groups in total. The number of allylic oxidation sites excluding steroid dienone is 1. The SMILES string of the molecule is COc1ccncc1-c1[nH]ncc1CN(C)CCNCC1=C(c2[nH]ncc2CN(C)CCN)C=NCC1. The number of hydrogen-bond donors (Lipinski definition) is 4. The largest absolute Gasteiger partial charge is 0.496 e. The number of nitrogens with zero attached hydrogens (tertiary/aromatic N) is 6. The highest BCUT2D eigenvalue weighted by atomic mass is 16.5. The van der Waals surface area contributed by atoms with Gasteiger partial charge in [-0.15, -0.1) is 0 Å². The molecule has 1 aliphatic rings. The zero-order valence-corrected chi connectivity index (χ0v) is 22.0. The zero-order valence-electron chi connectivity index (χ0n) is 22.0. The van der Waals surface area contributed by atoms with Crippen molar-refractivity contribution in [2.24, 2.45) is 10.7 Å². The lowest BCUT2D eigenvalue weighted by atomic mass is 9.98. The van der Waals surface area contributed by atoms with Gasteiger partial charge in [-0.05, 0) is 32.2 Å². The third-order valence-electron chi connectivity index (χ3n) is 6.52. The van der Waals surface area contributed by atoms with Crippen molar-refractivity contribution < 1.29 is 4.74 Å². The van der Waals surface area contributed by atoms with Gasteiger partial charge in [0.2, 0.25) is 0 Å². The van der Waals surface area contributed by atoms with E-state index in [0.717, 1.165) is 91.6 Å². The maximum absolute atomic E-state index is 5.71. The summed E-state index contributed by atoms with van der Waals surface area (Å²) in [7, 11) is 5.86. The molecule has 0 fully saturated rings. The van der Waals surface area contributed by atoms with Crippen LogP contribution in [0.1, 0.15) is 23.2 Å². The second kappa shape index (κ2) is 13.2. The minimum absolute atomic E-state index is 0.636. The quantitative estimate of drug-likeness (QED) is 0.242. The molecule has 0 radical (unpaired) electrons. The lowest BCUT2D eigenvalue weighted by Crippen LogP contribution is -2.30. The van der Waals surface area contributed by atoms with E-state index in [0.29, 0.717) is 6.54 Å². The monoisotopic (exact) mass is 506 g/mol. The van der Waals surface area contributed by atoms with Crippen molar-refractivity contribution in [3.63, 3.8) is 0 Å². The fourth-order valence-corrected chi connectivity index (χ4v) is 4.55. The van der Waals surface area contributed by atoms with E-state index in [1.54, 1.807) is 19.5 Å². The number of hydrogen-bond acceptors (Lipinski definition) is 9. The van der Waals surface area contributed by atoms with Crippen molar-refractivity contribution >= 4 is 11.8 Å². The predicted molar refractivity (Wildman–Crippen MR) is 146 cm³/mol. The molecule has 3 aromatic heterocycles. The summed E-state index contributed by atoms with van der Waals surface area (Å²) in [6.07, 6.45) is 10.2. The zero-order chi connectivity index (χ0) is 26.0. The summed E-state index contributed by atoms with van der Waals surface area (Å²) in [6, 6.07) is 1.86. The van der Waals surface area contributed by atoms with Gasteiger partial charge in [-0.2, -0.15) is 10.2 Å². The number of rotatable bonds is 14. The molecule has 3 aromatic rings. The topological polar surface area (TPSA) is 136 Å². The third-order valence-corrected chi connectivity index (χ3v) is 6.52. The predicted octanol–water partition coefficient (Wildman–Crippen LogP) is 1.54. The van der Waals surface area contributed by atoms with E-state index in [1.165, 1.54) is 5.57 Å². The summed E-state index contributed by atoms with van der Waals surface area (Å²) < 4.78 is 5.50. The molecule has 0 spiro atoms.